The van der Waals surface area contributed by atoms with Crippen molar-refractivity contribution >= 4 is 11.3 Å². The Morgan fingerprint density at radius 2 is 1.95 bits per heavy atom. The van der Waals surface area contributed by atoms with Crippen molar-refractivity contribution in [2.45, 2.75) is 24.8 Å². The van der Waals surface area contributed by atoms with Gasteiger partial charge in [-0.2, -0.15) is 0 Å². The molecule has 0 spiro atoms. The Kier molecular flexibility index (Phi) is 4.40. The third-order valence-electron chi connectivity index (χ3n) is 3.70. The topological polar surface area (TPSA) is 47.0 Å². The van der Waals surface area contributed by atoms with E-state index in [4.69, 9.17) is 4.74 Å². The first-order chi connectivity index (χ1) is 9.88. The lowest BCUT2D eigenvalue weighted by Gasteiger charge is -2.19. The monoisotopic (exact) mass is 289 g/mol. The minimum atomic E-state index is 0.127. The van der Waals surface area contributed by atoms with Gasteiger partial charge in [0.15, 0.2) is 0 Å². The Labute approximate surface area is 123 Å². The molecule has 0 bridgehead atoms. The van der Waals surface area contributed by atoms with Crippen molar-refractivity contribution in [3.63, 3.8) is 0 Å². The maximum atomic E-state index is 5.41. The molecule has 1 aliphatic rings. The van der Waals surface area contributed by atoms with Crippen LogP contribution in [-0.2, 0) is 4.74 Å². The predicted octanol–water partition coefficient (Wildman–Crippen LogP) is 2.74. The van der Waals surface area contributed by atoms with E-state index in [0.717, 1.165) is 36.1 Å². The van der Waals surface area contributed by atoms with E-state index < -0.39 is 0 Å². The standard InChI is InChI=1S/C15H19N3OS/c1-16-13(11-5-3-2-4-6-11)15-18-17-14(20-15)12-7-9-19-10-8-12/h2-6,12-13,16H,7-10H2,1H3. The summed E-state index contributed by atoms with van der Waals surface area (Å²) in [6.45, 7) is 1.68. The molecule has 2 heterocycles. The van der Waals surface area contributed by atoms with E-state index in [2.05, 4.69) is 39.8 Å². The van der Waals surface area contributed by atoms with Gasteiger partial charge in [-0.15, -0.1) is 10.2 Å². The largest absolute Gasteiger partial charge is 0.381 e. The van der Waals surface area contributed by atoms with Crippen molar-refractivity contribution in [3.05, 3.63) is 45.9 Å². The van der Waals surface area contributed by atoms with E-state index in [1.165, 1.54) is 5.56 Å². The fraction of sp³-hybridized carbons (Fsp3) is 0.467. The van der Waals surface area contributed by atoms with Crippen molar-refractivity contribution < 1.29 is 4.74 Å². The Balaban J connectivity index is 1.81. The SMILES string of the molecule is CNC(c1ccccc1)c1nnc(C2CCOCC2)s1. The molecule has 20 heavy (non-hydrogen) atoms. The Bertz CT molecular complexity index is 537. The van der Waals surface area contributed by atoms with Crippen molar-refractivity contribution in [3.8, 4) is 0 Å². The Morgan fingerprint density at radius 3 is 2.65 bits per heavy atom. The highest BCUT2D eigenvalue weighted by atomic mass is 32.1. The summed E-state index contributed by atoms with van der Waals surface area (Å²) in [7, 11) is 1.97. The molecule has 1 unspecified atom stereocenters. The van der Waals surface area contributed by atoms with Gasteiger partial charge in [-0.1, -0.05) is 41.7 Å². The molecule has 2 aromatic rings. The van der Waals surface area contributed by atoms with Gasteiger partial charge in [0.25, 0.3) is 0 Å². The lowest BCUT2D eigenvalue weighted by Crippen LogP contribution is -2.17. The van der Waals surface area contributed by atoms with E-state index in [-0.39, 0.29) is 6.04 Å². The average Bonchev–Trinajstić information content (AvgIpc) is 3.00. The van der Waals surface area contributed by atoms with Gasteiger partial charge in [0.2, 0.25) is 0 Å². The van der Waals surface area contributed by atoms with Gasteiger partial charge in [-0.3, -0.25) is 0 Å². The molecule has 1 saturated heterocycles. The molecule has 1 aliphatic heterocycles. The molecule has 3 rings (SSSR count). The van der Waals surface area contributed by atoms with Gasteiger partial charge >= 0.3 is 0 Å². The number of ether oxygens (including phenoxy) is 1. The summed E-state index contributed by atoms with van der Waals surface area (Å²) in [6, 6.07) is 10.5. The molecule has 1 fully saturated rings. The maximum absolute atomic E-state index is 5.41. The third-order valence-corrected chi connectivity index (χ3v) is 4.85. The van der Waals surface area contributed by atoms with Crippen LogP contribution in [0.3, 0.4) is 0 Å². The van der Waals surface area contributed by atoms with Crippen LogP contribution in [0.4, 0.5) is 0 Å². The molecule has 4 nitrogen and oxygen atoms in total. The summed E-state index contributed by atoms with van der Waals surface area (Å²) in [4.78, 5) is 0. The molecule has 0 saturated carbocycles. The quantitative estimate of drug-likeness (QED) is 0.940. The van der Waals surface area contributed by atoms with Crippen LogP contribution in [0.5, 0.6) is 0 Å². The van der Waals surface area contributed by atoms with Gasteiger partial charge < -0.3 is 10.1 Å². The molecule has 0 amide bonds. The van der Waals surface area contributed by atoms with Crippen LogP contribution in [0.1, 0.15) is 40.4 Å². The van der Waals surface area contributed by atoms with Gasteiger partial charge in [-0.05, 0) is 25.5 Å². The van der Waals surface area contributed by atoms with E-state index >= 15 is 0 Å². The minimum Gasteiger partial charge on any atom is -0.381 e. The molecule has 1 aromatic heterocycles. The molecule has 1 aromatic carbocycles. The van der Waals surface area contributed by atoms with E-state index in [0.29, 0.717) is 5.92 Å². The molecule has 0 radical (unpaired) electrons. The fourth-order valence-corrected chi connectivity index (χ4v) is 3.70. The van der Waals surface area contributed by atoms with Crippen molar-refractivity contribution in [2.24, 2.45) is 0 Å². The van der Waals surface area contributed by atoms with Crippen molar-refractivity contribution in [1.82, 2.24) is 15.5 Å². The van der Waals surface area contributed by atoms with Crippen LogP contribution in [0.25, 0.3) is 0 Å². The first-order valence-corrected chi connectivity index (χ1v) is 7.83. The molecule has 106 valence electrons. The van der Waals surface area contributed by atoms with Crippen molar-refractivity contribution in [2.75, 3.05) is 20.3 Å². The van der Waals surface area contributed by atoms with Crippen LogP contribution in [0.15, 0.2) is 30.3 Å². The Morgan fingerprint density at radius 1 is 1.20 bits per heavy atom. The van der Waals surface area contributed by atoms with Gasteiger partial charge in [0.05, 0.1) is 6.04 Å². The molecule has 1 atom stereocenters. The molecule has 1 N–H and O–H groups in total. The number of benzene rings is 1. The summed E-state index contributed by atoms with van der Waals surface area (Å²) in [6.07, 6.45) is 2.12. The fourth-order valence-electron chi connectivity index (χ4n) is 2.55. The third kappa shape index (κ3) is 2.90. The summed E-state index contributed by atoms with van der Waals surface area (Å²) in [5.74, 6) is 0.517. The lowest BCUT2D eigenvalue weighted by molar-refractivity contribution is 0.0851. The van der Waals surface area contributed by atoms with E-state index in [9.17, 15) is 0 Å². The average molecular weight is 289 g/mol. The van der Waals surface area contributed by atoms with Crippen LogP contribution < -0.4 is 5.32 Å². The molecular formula is C15H19N3OS. The molecular weight excluding hydrogens is 270 g/mol. The van der Waals surface area contributed by atoms with Crippen LogP contribution in [0.2, 0.25) is 0 Å². The van der Waals surface area contributed by atoms with Crippen molar-refractivity contribution in [1.29, 1.82) is 0 Å². The number of hydrogen-bond donors (Lipinski definition) is 1. The van der Waals surface area contributed by atoms with Crippen LogP contribution in [-0.4, -0.2) is 30.5 Å². The zero-order valence-electron chi connectivity index (χ0n) is 11.6. The first kappa shape index (κ1) is 13.7. The smallest absolute Gasteiger partial charge is 0.139 e. The summed E-state index contributed by atoms with van der Waals surface area (Å²) in [5, 5.41) is 14.3. The highest BCUT2D eigenvalue weighted by Gasteiger charge is 2.23. The van der Waals surface area contributed by atoms with Crippen LogP contribution >= 0.6 is 11.3 Å². The summed E-state index contributed by atoms with van der Waals surface area (Å²) in [5.41, 5.74) is 1.23. The summed E-state index contributed by atoms with van der Waals surface area (Å²) < 4.78 is 5.41. The molecule has 5 heteroatoms. The number of aromatic nitrogens is 2. The summed E-state index contributed by atoms with van der Waals surface area (Å²) >= 11 is 1.73. The Hall–Kier alpha value is -1.30. The zero-order valence-corrected chi connectivity index (χ0v) is 12.4. The minimum absolute atomic E-state index is 0.127. The van der Waals surface area contributed by atoms with Gasteiger partial charge in [0.1, 0.15) is 10.0 Å². The van der Waals surface area contributed by atoms with E-state index in [1.807, 2.05) is 13.1 Å². The normalized spacial score (nSPS) is 18.1. The molecule has 0 aliphatic carbocycles. The highest BCUT2D eigenvalue weighted by Crippen LogP contribution is 2.32. The number of hydrogen-bond acceptors (Lipinski definition) is 5. The number of rotatable bonds is 4. The second kappa shape index (κ2) is 6.43. The lowest BCUT2D eigenvalue weighted by atomic mass is 10.0. The van der Waals surface area contributed by atoms with Gasteiger partial charge in [0, 0.05) is 19.1 Å². The highest BCUT2D eigenvalue weighted by molar-refractivity contribution is 7.11. The first-order valence-electron chi connectivity index (χ1n) is 7.01. The number of nitrogens with zero attached hydrogens (tertiary/aromatic N) is 2. The zero-order chi connectivity index (χ0) is 13.8. The maximum Gasteiger partial charge on any atom is 0.139 e. The number of nitrogens with one attached hydrogen (secondary N) is 1. The second-order valence-corrected chi connectivity index (χ2v) is 6.04. The van der Waals surface area contributed by atoms with Gasteiger partial charge in [-0.25, -0.2) is 0 Å². The van der Waals surface area contributed by atoms with Crippen LogP contribution in [0, 0.1) is 0 Å². The second-order valence-electron chi connectivity index (χ2n) is 5.00. The predicted molar refractivity (Wildman–Crippen MR) is 80.0 cm³/mol. The van der Waals surface area contributed by atoms with E-state index in [1.54, 1.807) is 11.3 Å².